The molecular formula is C11H18N2OS. The van der Waals surface area contributed by atoms with Crippen LogP contribution in [0, 0.1) is 6.92 Å². The Labute approximate surface area is 94.9 Å². The molecule has 1 heterocycles. The zero-order valence-electron chi connectivity index (χ0n) is 9.38. The highest BCUT2D eigenvalue weighted by atomic mass is 32.1. The molecule has 0 bridgehead atoms. The molecule has 0 spiro atoms. The van der Waals surface area contributed by atoms with Crippen LogP contribution in [0.2, 0.25) is 0 Å². The summed E-state index contributed by atoms with van der Waals surface area (Å²) in [6.45, 7) is 3.80. The molecular weight excluding hydrogens is 208 g/mol. The SMILES string of the molecule is COCCNC1CCCc2nc(C)sc21. The molecule has 3 nitrogen and oxygen atoms in total. The third-order valence-corrected chi connectivity index (χ3v) is 3.88. The molecule has 4 heteroatoms. The van der Waals surface area contributed by atoms with Crippen molar-refractivity contribution in [2.24, 2.45) is 0 Å². The summed E-state index contributed by atoms with van der Waals surface area (Å²) in [5, 5.41) is 4.73. The van der Waals surface area contributed by atoms with Crippen LogP contribution in [0.1, 0.15) is 34.5 Å². The van der Waals surface area contributed by atoms with Crippen molar-refractivity contribution >= 4 is 11.3 Å². The van der Waals surface area contributed by atoms with Crippen LogP contribution in [0.3, 0.4) is 0 Å². The first-order valence-corrected chi connectivity index (χ1v) is 6.31. The van der Waals surface area contributed by atoms with Crippen LogP contribution in [0.5, 0.6) is 0 Å². The van der Waals surface area contributed by atoms with E-state index in [1.54, 1.807) is 7.11 Å². The lowest BCUT2D eigenvalue weighted by Gasteiger charge is -2.22. The lowest BCUT2D eigenvalue weighted by atomic mass is 9.98. The number of ether oxygens (including phenoxy) is 1. The fourth-order valence-corrected chi connectivity index (χ4v) is 3.16. The quantitative estimate of drug-likeness (QED) is 0.798. The molecule has 0 saturated carbocycles. The van der Waals surface area contributed by atoms with E-state index in [2.05, 4.69) is 17.2 Å². The predicted molar refractivity (Wildman–Crippen MR) is 62.4 cm³/mol. The van der Waals surface area contributed by atoms with Gasteiger partial charge in [-0.2, -0.15) is 0 Å². The Bertz CT molecular complexity index is 324. The van der Waals surface area contributed by atoms with E-state index >= 15 is 0 Å². The zero-order valence-corrected chi connectivity index (χ0v) is 10.2. The first kappa shape index (κ1) is 11.0. The Kier molecular flexibility index (Phi) is 3.72. The van der Waals surface area contributed by atoms with E-state index in [1.807, 2.05) is 11.3 Å². The third kappa shape index (κ3) is 2.56. The van der Waals surface area contributed by atoms with E-state index < -0.39 is 0 Å². The molecule has 0 saturated heterocycles. The normalized spacial score (nSPS) is 20.3. The largest absolute Gasteiger partial charge is 0.383 e. The van der Waals surface area contributed by atoms with Crippen LogP contribution in [0.4, 0.5) is 0 Å². The maximum absolute atomic E-state index is 5.05. The Morgan fingerprint density at radius 2 is 2.47 bits per heavy atom. The molecule has 0 amide bonds. The Morgan fingerprint density at radius 3 is 3.27 bits per heavy atom. The van der Waals surface area contributed by atoms with Crippen molar-refractivity contribution in [1.82, 2.24) is 10.3 Å². The summed E-state index contributed by atoms with van der Waals surface area (Å²) in [6, 6.07) is 0.509. The average Bonchev–Trinajstić information content (AvgIpc) is 2.59. The number of aryl methyl sites for hydroxylation is 2. The summed E-state index contributed by atoms with van der Waals surface area (Å²) in [5.74, 6) is 0. The second-order valence-electron chi connectivity index (χ2n) is 3.94. The number of nitrogens with one attached hydrogen (secondary N) is 1. The summed E-state index contributed by atoms with van der Waals surface area (Å²) in [7, 11) is 1.74. The van der Waals surface area contributed by atoms with Gasteiger partial charge in [-0.15, -0.1) is 11.3 Å². The second-order valence-corrected chi connectivity index (χ2v) is 5.17. The summed E-state index contributed by atoms with van der Waals surface area (Å²) in [4.78, 5) is 6.03. The minimum atomic E-state index is 0.509. The first-order chi connectivity index (χ1) is 7.31. The summed E-state index contributed by atoms with van der Waals surface area (Å²) < 4.78 is 5.05. The van der Waals surface area contributed by atoms with Gasteiger partial charge in [-0.25, -0.2) is 4.98 Å². The molecule has 1 N–H and O–H groups in total. The van der Waals surface area contributed by atoms with Gasteiger partial charge in [0.25, 0.3) is 0 Å². The molecule has 1 aromatic heterocycles. The zero-order chi connectivity index (χ0) is 10.7. The number of hydrogen-bond acceptors (Lipinski definition) is 4. The van der Waals surface area contributed by atoms with Gasteiger partial charge in [0.1, 0.15) is 0 Å². The van der Waals surface area contributed by atoms with Gasteiger partial charge in [0.05, 0.1) is 17.3 Å². The van der Waals surface area contributed by atoms with Crippen molar-refractivity contribution < 1.29 is 4.74 Å². The van der Waals surface area contributed by atoms with Crippen LogP contribution in [-0.2, 0) is 11.2 Å². The van der Waals surface area contributed by atoms with Gasteiger partial charge in [0.2, 0.25) is 0 Å². The number of nitrogens with zero attached hydrogens (tertiary/aromatic N) is 1. The van der Waals surface area contributed by atoms with E-state index in [9.17, 15) is 0 Å². The number of thiazole rings is 1. The van der Waals surface area contributed by atoms with Gasteiger partial charge in [-0.1, -0.05) is 0 Å². The Balaban J connectivity index is 2.01. The third-order valence-electron chi connectivity index (χ3n) is 2.75. The average molecular weight is 226 g/mol. The van der Waals surface area contributed by atoms with Gasteiger partial charge in [-0.05, 0) is 26.2 Å². The molecule has 0 fully saturated rings. The van der Waals surface area contributed by atoms with E-state index in [1.165, 1.54) is 28.4 Å². The fourth-order valence-electron chi connectivity index (χ4n) is 2.07. The maximum atomic E-state index is 5.05. The second kappa shape index (κ2) is 5.05. The van der Waals surface area contributed by atoms with Gasteiger partial charge in [-0.3, -0.25) is 0 Å². The molecule has 15 heavy (non-hydrogen) atoms. The smallest absolute Gasteiger partial charge is 0.0900 e. The van der Waals surface area contributed by atoms with Crippen molar-refractivity contribution in [3.05, 3.63) is 15.6 Å². The monoisotopic (exact) mass is 226 g/mol. The predicted octanol–water partition coefficient (Wildman–Crippen LogP) is 2.06. The lowest BCUT2D eigenvalue weighted by molar-refractivity contribution is 0.194. The molecule has 84 valence electrons. The van der Waals surface area contributed by atoms with Gasteiger partial charge >= 0.3 is 0 Å². The number of aromatic nitrogens is 1. The van der Waals surface area contributed by atoms with Crippen molar-refractivity contribution in [2.75, 3.05) is 20.3 Å². The van der Waals surface area contributed by atoms with Crippen LogP contribution < -0.4 is 5.32 Å². The van der Waals surface area contributed by atoms with E-state index in [0.29, 0.717) is 6.04 Å². The molecule has 2 rings (SSSR count). The van der Waals surface area contributed by atoms with E-state index in [0.717, 1.165) is 19.6 Å². The van der Waals surface area contributed by atoms with Crippen LogP contribution in [0.25, 0.3) is 0 Å². The minimum Gasteiger partial charge on any atom is -0.383 e. The summed E-state index contributed by atoms with van der Waals surface area (Å²) >= 11 is 1.84. The highest BCUT2D eigenvalue weighted by molar-refractivity contribution is 7.11. The molecule has 0 radical (unpaired) electrons. The lowest BCUT2D eigenvalue weighted by Crippen LogP contribution is -2.27. The summed E-state index contributed by atoms with van der Waals surface area (Å²) in [5.41, 5.74) is 1.32. The Morgan fingerprint density at radius 1 is 1.60 bits per heavy atom. The fraction of sp³-hybridized carbons (Fsp3) is 0.727. The molecule has 0 aromatic carbocycles. The summed E-state index contributed by atoms with van der Waals surface area (Å²) in [6.07, 6.45) is 3.64. The van der Waals surface area contributed by atoms with Crippen molar-refractivity contribution in [2.45, 2.75) is 32.2 Å². The van der Waals surface area contributed by atoms with Crippen molar-refractivity contribution in [3.63, 3.8) is 0 Å². The molecule has 1 aliphatic rings. The van der Waals surface area contributed by atoms with Gasteiger partial charge in [0, 0.05) is 24.6 Å². The minimum absolute atomic E-state index is 0.509. The van der Waals surface area contributed by atoms with E-state index in [4.69, 9.17) is 4.74 Å². The molecule has 1 unspecified atom stereocenters. The first-order valence-electron chi connectivity index (χ1n) is 5.50. The van der Waals surface area contributed by atoms with Crippen molar-refractivity contribution in [3.8, 4) is 0 Å². The van der Waals surface area contributed by atoms with Crippen molar-refractivity contribution in [1.29, 1.82) is 0 Å². The standard InChI is InChI=1S/C11H18N2OS/c1-8-13-10-5-3-4-9(11(10)15-8)12-6-7-14-2/h9,12H,3-7H2,1-2H3. The molecule has 0 aliphatic heterocycles. The van der Waals surface area contributed by atoms with Gasteiger partial charge < -0.3 is 10.1 Å². The van der Waals surface area contributed by atoms with Crippen LogP contribution >= 0.6 is 11.3 Å². The van der Waals surface area contributed by atoms with Crippen LogP contribution in [-0.4, -0.2) is 25.2 Å². The molecule has 1 aromatic rings. The number of methoxy groups -OCH3 is 1. The number of hydrogen-bond donors (Lipinski definition) is 1. The maximum Gasteiger partial charge on any atom is 0.0900 e. The highest BCUT2D eigenvalue weighted by Gasteiger charge is 2.22. The Hall–Kier alpha value is -0.450. The van der Waals surface area contributed by atoms with E-state index in [-0.39, 0.29) is 0 Å². The molecule has 1 atom stereocenters. The molecule has 1 aliphatic carbocycles. The topological polar surface area (TPSA) is 34.1 Å². The van der Waals surface area contributed by atoms with Gasteiger partial charge in [0.15, 0.2) is 0 Å². The highest BCUT2D eigenvalue weighted by Crippen LogP contribution is 2.33. The number of rotatable bonds is 4. The number of fused-ring (bicyclic) bond motifs is 1. The van der Waals surface area contributed by atoms with Crippen LogP contribution in [0.15, 0.2) is 0 Å².